The van der Waals surface area contributed by atoms with Gasteiger partial charge in [0.05, 0.1) is 5.39 Å². The summed E-state index contributed by atoms with van der Waals surface area (Å²) in [4.78, 5) is 5.02. The first-order valence-electron chi connectivity index (χ1n) is 10.6. The topological polar surface area (TPSA) is 32.5 Å². The van der Waals surface area contributed by atoms with Gasteiger partial charge < -0.3 is 9.42 Å². The van der Waals surface area contributed by atoms with Crippen LogP contribution in [-0.2, 0) is 0 Å². The molecular formula is C22H35N3O. The molecule has 1 aliphatic heterocycles. The fourth-order valence-corrected chi connectivity index (χ4v) is 4.27. The first kappa shape index (κ1) is 19.2. The Morgan fingerprint density at radius 3 is 2.42 bits per heavy atom. The van der Waals surface area contributed by atoms with Crippen LogP contribution in [0.5, 0.6) is 0 Å². The number of nitrogens with zero attached hydrogens (tertiary/aromatic N) is 3. The Bertz CT molecular complexity index is 652. The fourth-order valence-electron chi connectivity index (χ4n) is 4.27. The Kier molecular flexibility index (Phi) is 6.95. The molecule has 4 nitrogen and oxygen atoms in total. The summed E-state index contributed by atoms with van der Waals surface area (Å²) >= 11 is 0. The molecule has 0 unspecified atom stereocenters. The second-order valence-corrected chi connectivity index (χ2v) is 7.75. The molecule has 2 aliphatic rings. The van der Waals surface area contributed by atoms with Crippen LogP contribution in [0.4, 0.5) is 5.82 Å². The fraction of sp³-hybridized carbons (Fsp3) is 0.682. The van der Waals surface area contributed by atoms with E-state index >= 15 is 0 Å². The van der Waals surface area contributed by atoms with Crippen LogP contribution in [0.3, 0.4) is 0 Å². The maximum absolute atomic E-state index is 5.46. The minimum Gasteiger partial charge on any atom is -0.354 e. The van der Waals surface area contributed by atoms with Gasteiger partial charge in [0.2, 0.25) is 0 Å². The van der Waals surface area contributed by atoms with Crippen molar-refractivity contribution < 1.29 is 4.52 Å². The molecule has 26 heavy (non-hydrogen) atoms. The van der Waals surface area contributed by atoms with Gasteiger partial charge in [0, 0.05) is 26.2 Å². The summed E-state index contributed by atoms with van der Waals surface area (Å²) in [5.41, 5.74) is 0.890. The Balaban J connectivity index is 0.000000948. The van der Waals surface area contributed by atoms with E-state index in [2.05, 4.69) is 34.0 Å². The van der Waals surface area contributed by atoms with Crippen LogP contribution in [-0.4, -0.2) is 42.8 Å². The van der Waals surface area contributed by atoms with E-state index in [-0.39, 0.29) is 0 Å². The number of fused-ring (bicyclic) bond motifs is 1. The van der Waals surface area contributed by atoms with E-state index in [1.165, 1.54) is 38.6 Å². The smallest absolute Gasteiger partial charge is 0.180 e. The van der Waals surface area contributed by atoms with Crippen molar-refractivity contribution in [2.24, 2.45) is 11.8 Å². The molecule has 1 aliphatic carbocycles. The zero-order chi connectivity index (χ0) is 18.4. The summed E-state index contributed by atoms with van der Waals surface area (Å²) in [6.07, 6.45) is 7.17. The average molecular weight is 358 g/mol. The molecule has 0 N–H and O–H groups in total. The van der Waals surface area contributed by atoms with Crippen molar-refractivity contribution in [1.82, 2.24) is 10.1 Å². The highest BCUT2D eigenvalue weighted by atomic mass is 16.5. The van der Waals surface area contributed by atoms with E-state index in [1.54, 1.807) is 0 Å². The monoisotopic (exact) mass is 357 g/mol. The van der Waals surface area contributed by atoms with Gasteiger partial charge in [-0.05, 0) is 36.9 Å². The molecule has 1 aromatic carbocycles. The van der Waals surface area contributed by atoms with Crippen molar-refractivity contribution in [3.63, 3.8) is 0 Å². The molecule has 1 aromatic heterocycles. The molecule has 2 aromatic rings. The summed E-state index contributed by atoms with van der Waals surface area (Å²) < 4.78 is 5.46. The largest absolute Gasteiger partial charge is 0.354 e. The number of anilines is 1. The third-order valence-electron chi connectivity index (χ3n) is 6.02. The quantitative estimate of drug-likeness (QED) is 0.753. The minimum atomic E-state index is 0.890. The molecule has 4 rings (SSSR count). The van der Waals surface area contributed by atoms with Crippen LogP contribution in [0.1, 0.15) is 52.9 Å². The molecule has 1 saturated heterocycles. The van der Waals surface area contributed by atoms with Crippen molar-refractivity contribution in [1.29, 1.82) is 0 Å². The normalized spacial score (nSPS) is 24.3. The predicted molar refractivity (Wildman–Crippen MR) is 110 cm³/mol. The second kappa shape index (κ2) is 9.40. The Labute approximate surface area is 158 Å². The molecule has 4 heteroatoms. The Morgan fingerprint density at radius 2 is 1.69 bits per heavy atom. The summed E-state index contributed by atoms with van der Waals surface area (Å²) in [7, 11) is 0. The van der Waals surface area contributed by atoms with E-state index in [4.69, 9.17) is 4.52 Å². The van der Waals surface area contributed by atoms with Gasteiger partial charge in [0.15, 0.2) is 11.4 Å². The van der Waals surface area contributed by atoms with Crippen molar-refractivity contribution >= 4 is 16.8 Å². The number of hydrogen-bond acceptors (Lipinski definition) is 4. The molecular weight excluding hydrogens is 322 g/mol. The van der Waals surface area contributed by atoms with Crippen LogP contribution in [0.15, 0.2) is 28.8 Å². The van der Waals surface area contributed by atoms with Gasteiger partial charge in [0.25, 0.3) is 0 Å². The van der Waals surface area contributed by atoms with Crippen LogP contribution >= 0.6 is 0 Å². The molecule has 2 heterocycles. The number of rotatable bonds is 4. The van der Waals surface area contributed by atoms with E-state index < -0.39 is 0 Å². The van der Waals surface area contributed by atoms with Crippen molar-refractivity contribution in [2.45, 2.75) is 52.9 Å². The van der Waals surface area contributed by atoms with Gasteiger partial charge in [0.1, 0.15) is 0 Å². The molecule has 2 fully saturated rings. The first-order chi connectivity index (χ1) is 12.8. The standard InChI is InChI=1S/C20H29N3O.C2H6/c1-16-6-8-17(9-7-16)10-11-22-12-14-23(15-13-22)20-18-4-2-3-5-19(18)24-21-20;1-2/h2-5,16-17H,6-15H2,1H3;1-2H3. The summed E-state index contributed by atoms with van der Waals surface area (Å²) in [5, 5.41) is 5.44. The van der Waals surface area contributed by atoms with Gasteiger partial charge in [-0.3, -0.25) is 4.90 Å². The molecule has 1 saturated carbocycles. The number of aromatic nitrogens is 1. The van der Waals surface area contributed by atoms with E-state index in [0.29, 0.717) is 0 Å². The number of piperazine rings is 1. The third-order valence-corrected chi connectivity index (χ3v) is 6.02. The maximum Gasteiger partial charge on any atom is 0.180 e. The second-order valence-electron chi connectivity index (χ2n) is 7.75. The zero-order valence-electron chi connectivity index (χ0n) is 16.8. The van der Waals surface area contributed by atoms with Crippen molar-refractivity contribution in [3.05, 3.63) is 24.3 Å². The maximum atomic E-state index is 5.46. The Hall–Kier alpha value is -1.55. The molecule has 0 spiro atoms. The minimum absolute atomic E-state index is 0.890. The summed E-state index contributed by atoms with van der Waals surface area (Å²) in [6.45, 7) is 12.1. The van der Waals surface area contributed by atoms with Crippen LogP contribution in [0.2, 0.25) is 0 Å². The van der Waals surface area contributed by atoms with E-state index in [1.807, 2.05) is 26.0 Å². The van der Waals surface area contributed by atoms with Gasteiger partial charge in [-0.1, -0.05) is 63.7 Å². The lowest BCUT2D eigenvalue weighted by Crippen LogP contribution is -2.47. The Morgan fingerprint density at radius 1 is 1.00 bits per heavy atom. The molecule has 144 valence electrons. The van der Waals surface area contributed by atoms with E-state index in [9.17, 15) is 0 Å². The highest BCUT2D eigenvalue weighted by Gasteiger charge is 2.23. The van der Waals surface area contributed by atoms with Crippen molar-refractivity contribution in [2.75, 3.05) is 37.6 Å². The van der Waals surface area contributed by atoms with Gasteiger partial charge in [-0.25, -0.2) is 0 Å². The number of benzene rings is 1. The van der Waals surface area contributed by atoms with Crippen LogP contribution in [0, 0.1) is 11.8 Å². The molecule has 0 atom stereocenters. The first-order valence-corrected chi connectivity index (χ1v) is 10.6. The van der Waals surface area contributed by atoms with Gasteiger partial charge in [-0.2, -0.15) is 0 Å². The zero-order valence-corrected chi connectivity index (χ0v) is 16.8. The van der Waals surface area contributed by atoms with Crippen LogP contribution < -0.4 is 4.90 Å². The van der Waals surface area contributed by atoms with Gasteiger partial charge in [-0.15, -0.1) is 0 Å². The number of hydrogen-bond donors (Lipinski definition) is 0. The lowest BCUT2D eigenvalue weighted by molar-refractivity contribution is 0.208. The molecule has 0 radical (unpaired) electrons. The predicted octanol–water partition coefficient (Wildman–Crippen LogP) is 5.19. The summed E-state index contributed by atoms with van der Waals surface area (Å²) in [6, 6.07) is 8.16. The molecule has 0 bridgehead atoms. The van der Waals surface area contributed by atoms with Gasteiger partial charge >= 0.3 is 0 Å². The van der Waals surface area contributed by atoms with E-state index in [0.717, 1.165) is 54.8 Å². The van der Waals surface area contributed by atoms with Crippen LogP contribution in [0.25, 0.3) is 11.0 Å². The average Bonchev–Trinajstić information content (AvgIpc) is 3.14. The number of para-hydroxylation sites is 1. The third kappa shape index (κ3) is 4.59. The highest BCUT2D eigenvalue weighted by molar-refractivity contribution is 5.88. The lowest BCUT2D eigenvalue weighted by atomic mass is 9.81. The SMILES string of the molecule is CC.CC1CCC(CCN2CCN(c3noc4ccccc34)CC2)CC1. The van der Waals surface area contributed by atoms with Crippen molar-refractivity contribution in [3.8, 4) is 0 Å². The highest BCUT2D eigenvalue weighted by Crippen LogP contribution is 2.31. The lowest BCUT2D eigenvalue weighted by Gasteiger charge is -2.36. The summed E-state index contributed by atoms with van der Waals surface area (Å²) in [5.74, 6) is 2.95. The molecule has 0 amide bonds.